The molecule has 64 heavy (non-hydrogen) atoms. The lowest BCUT2D eigenvalue weighted by Gasteiger charge is -2.28. The maximum Gasteiger partial charge on any atom is 0.269 e. The number of anilines is 2. The van der Waals surface area contributed by atoms with Gasteiger partial charge in [0, 0.05) is 74.7 Å². The van der Waals surface area contributed by atoms with Crippen LogP contribution < -0.4 is 8.61 Å². The van der Waals surface area contributed by atoms with E-state index in [1.807, 2.05) is 36.4 Å². The minimum absolute atomic E-state index is 0.00320. The third kappa shape index (κ3) is 10.9. The van der Waals surface area contributed by atoms with Gasteiger partial charge in [0.05, 0.1) is 73.9 Å². The lowest BCUT2D eigenvalue weighted by Crippen LogP contribution is -2.38. The van der Waals surface area contributed by atoms with Gasteiger partial charge in [0.15, 0.2) is 0 Å². The fraction of sp³-hybridized carbons (Fsp3) is 0.143. The molecule has 0 radical (unpaired) electrons. The van der Waals surface area contributed by atoms with Crippen molar-refractivity contribution in [2.45, 2.75) is 22.9 Å². The molecule has 0 bridgehead atoms. The predicted octanol–water partition coefficient (Wildman–Crippen LogP) is 8.69. The smallest absolute Gasteiger partial charge is 0.269 e. The van der Waals surface area contributed by atoms with E-state index in [1.165, 1.54) is 79.8 Å². The largest absolute Gasteiger partial charge is 0.290 e. The minimum Gasteiger partial charge on any atom is -0.290 e. The van der Waals surface area contributed by atoms with Crippen LogP contribution in [0.25, 0.3) is 20.4 Å². The maximum atomic E-state index is 13.9. The maximum absolute atomic E-state index is 13.9. The molecule has 0 spiro atoms. The van der Waals surface area contributed by atoms with E-state index in [0.717, 1.165) is 31.8 Å². The Hall–Kier alpha value is -6.30. The van der Waals surface area contributed by atoms with Gasteiger partial charge in [-0.25, -0.2) is 26.8 Å². The van der Waals surface area contributed by atoms with Crippen molar-refractivity contribution in [3.8, 4) is 0 Å². The molecule has 0 saturated heterocycles. The molecule has 0 atom stereocenters. The highest BCUT2D eigenvalue weighted by Crippen LogP contribution is 2.31. The Labute approximate surface area is 383 Å². The van der Waals surface area contributed by atoms with Crippen LogP contribution in [0.3, 0.4) is 0 Å². The van der Waals surface area contributed by atoms with Crippen molar-refractivity contribution in [2.75, 3.05) is 33.6 Å². The molecule has 0 aliphatic carbocycles. The number of thiazole rings is 2. The summed E-state index contributed by atoms with van der Waals surface area (Å²) in [5.41, 5.74) is 7.38. The number of sulfonamides is 2. The fourth-order valence-electron chi connectivity index (χ4n) is 6.47. The molecule has 0 amide bonds. The number of nitrogens with zero attached hydrogens (tertiary/aromatic N) is 9. The normalized spacial score (nSPS) is 11.6. The number of nitro groups is 2. The Morgan fingerprint density at radius 2 is 0.984 bits per heavy atom. The molecule has 4 aromatic carbocycles. The summed E-state index contributed by atoms with van der Waals surface area (Å²) in [6, 6.07) is 31.8. The van der Waals surface area contributed by atoms with Crippen LogP contribution in [0, 0.1) is 20.2 Å². The monoisotopic (exact) mass is 1000 g/mol. The van der Waals surface area contributed by atoms with Crippen LogP contribution >= 0.6 is 38.6 Å². The lowest BCUT2D eigenvalue weighted by molar-refractivity contribution is -0.385. The Balaban J connectivity index is 0.000000211. The number of rotatable bonds is 17. The summed E-state index contributed by atoms with van der Waals surface area (Å²) < 4.78 is 58.2. The van der Waals surface area contributed by atoms with Crippen LogP contribution in [0.4, 0.5) is 22.7 Å². The fourth-order valence-corrected chi connectivity index (χ4v) is 11.4. The number of non-ortho nitro benzene ring substituents is 2. The number of fused-ring (bicyclic) bond motifs is 2. The standard InChI is InChI=1S/C27H24N6O4S2.C15H12BrN3O4S2/c34-33(35)23-7-10-25(11-8-23)39(36,37)32(24-9-12-26-27(17-24)38-20-30-26)16-15-31(18-21-5-1-3-13-28-21)19-22-6-2-4-14-29-22;16-7-8-18(12-3-6-14-15(9-12)24-10-17-14)25(22,23)13-4-1-11(2-5-13)19(20)21/h1-14,17,20H,15-16,18-19H2;1-6,9-10H,7-8H2. The van der Waals surface area contributed by atoms with Gasteiger partial charge in [0.2, 0.25) is 0 Å². The summed E-state index contributed by atoms with van der Waals surface area (Å²) in [6.07, 6.45) is 3.45. The lowest BCUT2D eigenvalue weighted by atomic mass is 10.2. The van der Waals surface area contributed by atoms with Gasteiger partial charge in [0.25, 0.3) is 31.4 Å². The van der Waals surface area contributed by atoms with Gasteiger partial charge in [-0.15, -0.1) is 22.7 Å². The van der Waals surface area contributed by atoms with E-state index < -0.39 is 29.9 Å². The first-order valence-corrected chi connectivity index (χ1v) is 24.9. The van der Waals surface area contributed by atoms with E-state index in [1.54, 1.807) is 59.8 Å². The second kappa shape index (κ2) is 20.5. The Morgan fingerprint density at radius 3 is 1.38 bits per heavy atom. The van der Waals surface area contributed by atoms with Crippen LogP contribution in [0.15, 0.2) is 155 Å². The van der Waals surface area contributed by atoms with Crippen molar-refractivity contribution in [2.24, 2.45) is 0 Å². The number of hydrogen-bond acceptors (Lipinski definition) is 15. The van der Waals surface area contributed by atoms with E-state index in [0.29, 0.717) is 36.3 Å². The molecule has 8 aromatic rings. The summed E-state index contributed by atoms with van der Waals surface area (Å²) in [6.45, 7) is 1.72. The number of benzene rings is 4. The Kier molecular flexibility index (Phi) is 14.6. The molecule has 8 rings (SSSR count). The first-order chi connectivity index (χ1) is 30.8. The predicted molar refractivity (Wildman–Crippen MR) is 251 cm³/mol. The topological polar surface area (TPSA) is 216 Å². The van der Waals surface area contributed by atoms with Gasteiger partial charge >= 0.3 is 0 Å². The summed E-state index contributed by atoms with van der Waals surface area (Å²) in [4.78, 5) is 40.2. The van der Waals surface area contributed by atoms with Gasteiger partial charge in [-0.2, -0.15) is 0 Å². The van der Waals surface area contributed by atoms with Gasteiger partial charge in [-0.3, -0.25) is 43.7 Å². The summed E-state index contributed by atoms with van der Waals surface area (Å²) >= 11 is 6.13. The number of aromatic nitrogens is 4. The van der Waals surface area contributed by atoms with Crippen molar-refractivity contribution in [3.05, 3.63) is 176 Å². The first kappa shape index (κ1) is 45.7. The Morgan fingerprint density at radius 1 is 0.547 bits per heavy atom. The zero-order valence-corrected chi connectivity index (χ0v) is 38.3. The van der Waals surface area contributed by atoms with Crippen molar-refractivity contribution < 1.29 is 26.7 Å². The van der Waals surface area contributed by atoms with E-state index in [-0.39, 0.29) is 34.3 Å². The zero-order valence-electron chi connectivity index (χ0n) is 33.4. The highest BCUT2D eigenvalue weighted by molar-refractivity contribution is 9.09. The molecular formula is C42H36BrN9O8S4. The molecular weight excluding hydrogens is 967 g/mol. The summed E-state index contributed by atoms with van der Waals surface area (Å²) in [7, 11) is -7.90. The molecule has 0 unspecified atom stereocenters. The van der Waals surface area contributed by atoms with Crippen molar-refractivity contribution in [1.82, 2.24) is 24.8 Å². The van der Waals surface area contributed by atoms with Crippen molar-refractivity contribution >= 4 is 102 Å². The van der Waals surface area contributed by atoms with Gasteiger partial charge in [-0.05, 0) is 84.9 Å². The average Bonchev–Trinajstić information content (AvgIpc) is 3.99. The van der Waals surface area contributed by atoms with Crippen molar-refractivity contribution in [1.29, 1.82) is 0 Å². The van der Waals surface area contributed by atoms with Crippen LogP contribution in [-0.4, -0.2) is 76.5 Å². The van der Waals surface area contributed by atoms with E-state index in [9.17, 15) is 37.1 Å². The Bertz CT molecular complexity index is 3050. The molecule has 0 aliphatic heterocycles. The second-order valence-corrected chi connectivity index (χ2v) is 20.0. The average molecular weight is 1000 g/mol. The molecule has 0 N–H and O–H groups in total. The van der Waals surface area contributed by atoms with Gasteiger partial charge in [-0.1, -0.05) is 28.1 Å². The zero-order chi connectivity index (χ0) is 45.3. The van der Waals surface area contributed by atoms with E-state index in [4.69, 9.17) is 0 Å². The van der Waals surface area contributed by atoms with Crippen LogP contribution in [0.1, 0.15) is 11.4 Å². The number of hydrogen-bond donors (Lipinski definition) is 0. The van der Waals surface area contributed by atoms with Crippen LogP contribution in [0.5, 0.6) is 0 Å². The second-order valence-electron chi connectivity index (χ2n) is 13.7. The quantitative estimate of drug-likeness (QED) is 0.0475. The third-order valence-corrected chi connectivity index (χ3v) is 15.2. The number of pyridine rings is 2. The summed E-state index contributed by atoms with van der Waals surface area (Å²) in [5, 5.41) is 22.3. The van der Waals surface area contributed by atoms with Gasteiger partial charge < -0.3 is 0 Å². The van der Waals surface area contributed by atoms with E-state index in [2.05, 4.69) is 40.8 Å². The van der Waals surface area contributed by atoms with Crippen LogP contribution in [0.2, 0.25) is 0 Å². The third-order valence-electron chi connectivity index (χ3n) is 9.61. The molecule has 17 nitrogen and oxygen atoms in total. The molecule has 328 valence electrons. The summed E-state index contributed by atoms with van der Waals surface area (Å²) in [5.74, 6) is 0. The molecule has 0 aliphatic rings. The number of alkyl halides is 1. The number of nitro benzene ring substituents is 2. The minimum atomic E-state index is -4.05. The molecule has 4 heterocycles. The molecule has 22 heteroatoms. The first-order valence-electron chi connectivity index (χ1n) is 19.1. The molecule has 0 saturated carbocycles. The highest BCUT2D eigenvalue weighted by Gasteiger charge is 2.28. The van der Waals surface area contributed by atoms with Crippen LogP contribution in [-0.2, 0) is 33.1 Å². The van der Waals surface area contributed by atoms with Gasteiger partial charge in [0.1, 0.15) is 0 Å². The van der Waals surface area contributed by atoms with Crippen molar-refractivity contribution in [3.63, 3.8) is 0 Å². The van der Waals surface area contributed by atoms with E-state index >= 15 is 0 Å². The molecule has 4 aromatic heterocycles. The highest BCUT2D eigenvalue weighted by atomic mass is 79.9. The SMILES string of the molecule is O=[N+]([O-])c1ccc(S(=O)(=O)N(CCBr)c2ccc3ncsc3c2)cc1.O=[N+]([O-])c1ccc(S(=O)(=O)N(CCN(Cc2ccccn2)Cc2ccccn2)c2ccc3ncsc3c2)cc1. The number of halogens is 1. The molecule has 0 fully saturated rings.